The number of hydrogen-bond donors (Lipinski definition) is 1. The van der Waals surface area contributed by atoms with Gasteiger partial charge in [-0.3, -0.25) is 4.98 Å². The van der Waals surface area contributed by atoms with E-state index in [9.17, 15) is 9.50 Å². The number of aliphatic hydroxyl groups excluding tert-OH is 1. The first-order valence-electron chi connectivity index (χ1n) is 7.23. The smallest absolute Gasteiger partial charge is 0.132 e. The van der Waals surface area contributed by atoms with Crippen molar-refractivity contribution in [3.05, 3.63) is 59.5 Å². The average Bonchev–Trinajstić information content (AvgIpc) is 2.54. The van der Waals surface area contributed by atoms with E-state index < -0.39 is 6.10 Å². The van der Waals surface area contributed by atoms with Crippen LogP contribution in [-0.4, -0.2) is 21.2 Å². The number of hydrogen-bond acceptors (Lipinski definition) is 3. The lowest BCUT2D eigenvalue weighted by Crippen LogP contribution is -2.06. The van der Waals surface area contributed by atoms with Crippen molar-refractivity contribution in [3.63, 3.8) is 0 Å². The SMILES string of the molecule is C#CC(O)Cc1ccc2nc(-c3ccc(C)cc3F)cnc2c1. The Morgan fingerprint density at radius 2 is 2.04 bits per heavy atom. The van der Waals surface area contributed by atoms with Gasteiger partial charge in [-0.1, -0.05) is 18.1 Å². The molecule has 0 spiro atoms. The lowest BCUT2D eigenvalue weighted by atomic mass is 10.1. The van der Waals surface area contributed by atoms with Crippen molar-refractivity contribution >= 4 is 11.0 Å². The summed E-state index contributed by atoms with van der Waals surface area (Å²) in [6.07, 6.45) is 6.28. The van der Waals surface area contributed by atoms with Crippen LogP contribution in [0.3, 0.4) is 0 Å². The van der Waals surface area contributed by atoms with Gasteiger partial charge in [0.05, 0.1) is 22.9 Å². The summed E-state index contributed by atoms with van der Waals surface area (Å²) in [6, 6.07) is 10.5. The molecule has 3 rings (SSSR count). The number of fused-ring (bicyclic) bond motifs is 1. The highest BCUT2D eigenvalue weighted by molar-refractivity contribution is 5.78. The van der Waals surface area contributed by atoms with Crippen LogP contribution < -0.4 is 0 Å². The van der Waals surface area contributed by atoms with Crippen molar-refractivity contribution in [1.29, 1.82) is 0 Å². The number of terminal acetylenes is 1. The van der Waals surface area contributed by atoms with Gasteiger partial charge >= 0.3 is 0 Å². The standard InChI is InChI=1S/C19H15FN2O/c1-3-14(23)9-13-5-7-17-18(10-13)21-11-19(22-17)15-6-4-12(2)8-16(15)20/h1,4-8,10-11,14,23H,9H2,2H3. The van der Waals surface area contributed by atoms with Crippen LogP contribution >= 0.6 is 0 Å². The maximum Gasteiger partial charge on any atom is 0.132 e. The van der Waals surface area contributed by atoms with Crippen molar-refractivity contribution < 1.29 is 9.50 Å². The van der Waals surface area contributed by atoms with E-state index in [4.69, 9.17) is 6.42 Å². The fourth-order valence-corrected chi connectivity index (χ4v) is 2.42. The van der Waals surface area contributed by atoms with Gasteiger partial charge in [-0.25, -0.2) is 9.37 Å². The van der Waals surface area contributed by atoms with Gasteiger partial charge in [0.25, 0.3) is 0 Å². The molecule has 3 nitrogen and oxygen atoms in total. The van der Waals surface area contributed by atoms with E-state index in [1.54, 1.807) is 18.3 Å². The lowest BCUT2D eigenvalue weighted by molar-refractivity contribution is 0.233. The van der Waals surface area contributed by atoms with E-state index in [0.717, 1.165) is 11.1 Å². The fraction of sp³-hybridized carbons (Fsp3) is 0.158. The number of nitrogens with zero attached hydrogens (tertiary/aromatic N) is 2. The molecular weight excluding hydrogens is 291 g/mol. The Morgan fingerprint density at radius 1 is 1.22 bits per heavy atom. The monoisotopic (exact) mass is 306 g/mol. The molecule has 0 aliphatic carbocycles. The van der Waals surface area contributed by atoms with E-state index in [0.29, 0.717) is 28.7 Å². The van der Waals surface area contributed by atoms with Crippen LogP contribution in [0.2, 0.25) is 0 Å². The summed E-state index contributed by atoms with van der Waals surface area (Å²) in [4.78, 5) is 8.82. The zero-order chi connectivity index (χ0) is 16.4. The molecule has 0 amide bonds. The maximum atomic E-state index is 14.1. The normalized spacial score (nSPS) is 12.1. The second kappa shape index (κ2) is 6.15. The van der Waals surface area contributed by atoms with Gasteiger partial charge in [0.15, 0.2) is 0 Å². The molecule has 0 aliphatic rings. The lowest BCUT2D eigenvalue weighted by Gasteiger charge is -2.07. The zero-order valence-corrected chi connectivity index (χ0v) is 12.6. The molecule has 0 saturated carbocycles. The van der Waals surface area contributed by atoms with Gasteiger partial charge in [-0.05, 0) is 42.3 Å². The Kier molecular flexibility index (Phi) is 4.05. The molecule has 1 atom stereocenters. The van der Waals surface area contributed by atoms with Gasteiger partial charge in [0, 0.05) is 12.0 Å². The van der Waals surface area contributed by atoms with Crippen molar-refractivity contribution in [3.8, 4) is 23.6 Å². The molecular formula is C19H15FN2O. The fourth-order valence-electron chi connectivity index (χ4n) is 2.42. The highest BCUT2D eigenvalue weighted by Crippen LogP contribution is 2.23. The van der Waals surface area contributed by atoms with Crippen LogP contribution in [0.5, 0.6) is 0 Å². The van der Waals surface area contributed by atoms with Gasteiger partial charge in [0.1, 0.15) is 11.9 Å². The summed E-state index contributed by atoms with van der Waals surface area (Å²) < 4.78 is 14.1. The van der Waals surface area contributed by atoms with Crippen molar-refractivity contribution in [2.45, 2.75) is 19.4 Å². The Hall–Kier alpha value is -2.77. The number of aryl methyl sites for hydroxylation is 1. The van der Waals surface area contributed by atoms with E-state index in [1.807, 2.05) is 25.1 Å². The first kappa shape index (κ1) is 15.1. The predicted octanol–water partition coefficient (Wildman–Crippen LogP) is 3.28. The molecule has 114 valence electrons. The summed E-state index contributed by atoms with van der Waals surface area (Å²) in [7, 11) is 0. The van der Waals surface area contributed by atoms with Gasteiger partial charge in [0.2, 0.25) is 0 Å². The third-order valence-electron chi connectivity index (χ3n) is 3.63. The molecule has 2 aromatic carbocycles. The minimum absolute atomic E-state index is 0.313. The van der Waals surface area contributed by atoms with Crippen LogP contribution in [0.4, 0.5) is 4.39 Å². The molecule has 1 aromatic heterocycles. The van der Waals surface area contributed by atoms with Gasteiger partial charge < -0.3 is 5.11 Å². The molecule has 1 heterocycles. The van der Waals surface area contributed by atoms with E-state index >= 15 is 0 Å². The molecule has 0 aliphatic heterocycles. The van der Waals surface area contributed by atoms with Gasteiger partial charge in [-0.15, -0.1) is 6.42 Å². The second-order valence-electron chi connectivity index (χ2n) is 5.45. The minimum atomic E-state index is -0.818. The molecule has 1 N–H and O–H groups in total. The number of aromatic nitrogens is 2. The molecule has 4 heteroatoms. The zero-order valence-electron chi connectivity index (χ0n) is 12.6. The van der Waals surface area contributed by atoms with Crippen molar-refractivity contribution in [2.75, 3.05) is 0 Å². The van der Waals surface area contributed by atoms with Crippen molar-refractivity contribution in [2.24, 2.45) is 0 Å². The highest BCUT2D eigenvalue weighted by atomic mass is 19.1. The number of benzene rings is 2. The summed E-state index contributed by atoms with van der Waals surface area (Å²) in [5, 5.41) is 9.52. The number of rotatable bonds is 3. The molecule has 3 aromatic rings. The molecule has 1 unspecified atom stereocenters. The molecule has 0 fully saturated rings. The second-order valence-corrected chi connectivity index (χ2v) is 5.45. The van der Waals surface area contributed by atoms with Crippen LogP contribution in [0, 0.1) is 25.1 Å². The largest absolute Gasteiger partial charge is 0.380 e. The Labute approximate surface area is 133 Å². The average molecular weight is 306 g/mol. The third kappa shape index (κ3) is 3.20. The van der Waals surface area contributed by atoms with Crippen LogP contribution in [0.25, 0.3) is 22.3 Å². The van der Waals surface area contributed by atoms with Crippen LogP contribution in [0.15, 0.2) is 42.6 Å². The summed E-state index contributed by atoms with van der Waals surface area (Å²) in [5.41, 5.74) is 4.01. The molecule has 0 bridgehead atoms. The van der Waals surface area contributed by atoms with Crippen LogP contribution in [0.1, 0.15) is 11.1 Å². The molecule has 23 heavy (non-hydrogen) atoms. The Bertz CT molecular complexity index is 915. The summed E-state index contributed by atoms with van der Waals surface area (Å²) in [6.45, 7) is 1.84. The van der Waals surface area contributed by atoms with Gasteiger partial charge in [-0.2, -0.15) is 0 Å². The molecule has 0 radical (unpaired) electrons. The minimum Gasteiger partial charge on any atom is -0.380 e. The summed E-state index contributed by atoms with van der Waals surface area (Å²) >= 11 is 0. The highest BCUT2D eigenvalue weighted by Gasteiger charge is 2.09. The van der Waals surface area contributed by atoms with Crippen LogP contribution in [-0.2, 0) is 6.42 Å². The predicted molar refractivity (Wildman–Crippen MR) is 88.2 cm³/mol. The first-order chi connectivity index (χ1) is 11.1. The Morgan fingerprint density at radius 3 is 2.78 bits per heavy atom. The van der Waals surface area contributed by atoms with E-state index in [2.05, 4.69) is 15.9 Å². The maximum absolute atomic E-state index is 14.1. The summed E-state index contributed by atoms with van der Waals surface area (Å²) in [5.74, 6) is 1.97. The quantitative estimate of drug-likeness (QED) is 0.755. The molecule has 0 saturated heterocycles. The number of halogens is 1. The van der Waals surface area contributed by atoms with E-state index in [1.165, 1.54) is 6.07 Å². The van der Waals surface area contributed by atoms with E-state index in [-0.39, 0.29) is 5.82 Å². The number of aliphatic hydroxyl groups is 1. The first-order valence-corrected chi connectivity index (χ1v) is 7.23. The van der Waals surface area contributed by atoms with Crippen molar-refractivity contribution in [1.82, 2.24) is 9.97 Å². The third-order valence-corrected chi connectivity index (χ3v) is 3.63. The topological polar surface area (TPSA) is 46.0 Å². The Balaban J connectivity index is 2.00.